The lowest BCUT2D eigenvalue weighted by Gasteiger charge is -2.15. The summed E-state index contributed by atoms with van der Waals surface area (Å²) in [5.74, 6) is -1.40. The van der Waals surface area contributed by atoms with Crippen molar-refractivity contribution in [3.05, 3.63) is 35.9 Å². The second-order valence-electron chi connectivity index (χ2n) is 5.54. The molecular weight excluding hydrogens is 296 g/mol. The number of aliphatic hydroxyl groups is 1. The van der Waals surface area contributed by atoms with Crippen LogP contribution in [0.4, 0.5) is 0 Å². The first kappa shape index (κ1) is 19.2. The fourth-order valence-corrected chi connectivity index (χ4v) is 2.03. The van der Waals surface area contributed by atoms with E-state index in [9.17, 15) is 14.7 Å². The normalized spacial score (nSPS) is 13.2. The van der Waals surface area contributed by atoms with Crippen molar-refractivity contribution in [1.82, 2.24) is 0 Å². The Bertz CT molecular complexity index is 472. The standard InChI is InChI=1S/C18H26O5/c1-3-4-5-9-12-16(19)18(21)23-14(2)17(20)22-13-15-10-7-6-8-11-15/h6-8,10-11,14,16,19H,3-5,9,12-13H2,1-2H3. The highest BCUT2D eigenvalue weighted by atomic mass is 16.6. The maximum Gasteiger partial charge on any atom is 0.347 e. The van der Waals surface area contributed by atoms with E-state index in [1.807, 2.05) is 30.3 Å². The molecule has 1 aromatic rings. The van der Waals surface area contributed by atoms with Crippen LogP contribution in [0.25, 0.3) is 0 Å². The van der Waals surface area contributed by atoms with Gasteiger partial charge in [0.2, 0.25) is 0 Å². The fraction of sp³-hybridized carbons (Fsp3) is 0.556. The van der Waals surface area contributed by atoms with Gasteiger partial charge in [-0.25, -0.2) is 9.59 Å². The number of ether oxygens (including phenoxy) is 2. The third-order valence-electron chi connectivity index (χ3n) is 3.45. The number of unbranched alkanes of at least 4 members (excludes halogenated alkanes) is 3. The highest BCUT2D eigenvalue weighted by Gasteiger charge is 2.23. The maximum absolute atomic E-state index is 11.8. The molecule has 0 aliphatic rings. The van der Waals surface area contributed by atoms with Crippen LogP contribution in [0, 0.1) is 0 Å². The number of rotatable bonds is 10. The predicted octanol–water partition coefficient (Wildman–Crippen LogP) is 2.99. The van der Waals surface area contributed by atoms with Crippen molar-refractivity contribution in [3.8, 4) is 0 Å². The molecule has 1 N–H and O–H groups in total. The molecule has 0 radical (unpaired) electrons. The second kappa shape index (κ2) is 10.8. The first-order chi connectivity index (χ1) is 11.0. The van der Waals surface area contributed by atoms with E-state index in [1.165, 1.54) is 6.92 Å². The summed E-state index contributed by atoms with van der Waals surface area (Å²) in [6.07, 6.45) is 2.03. The zero-order chi connectivity index (χ0) is 17.1. The third kappa shape index (κ3) is 7.79. The zero-order valence-electron chi connectivity index (χ0n) is 13.9. The predicted molar refractivity (Wildman–Crippen MR) is 86.6 cm³/mol. The van der Waals surface area contributed by atoms with Crippen LogP contribution in [-0.4, -0.2) is 29.3 Å². The minimum absolute atomic E-state index is 0.126. The molecule has 2 atom stereocenters. The van der Waals surface area contributed by atoms with Crippen LogP contribution in [0.15, 0.2) is 30.3 Å². The van der Waals surface area contributed by atoms with Gasteiger partial charge in [-0.3, -0.25) is 0 Å². The first-order valence-electron chi connectivity index (χ1n) is 8.13. The molecule has 23 heavy (non-hydrogen) atoms. The molecule has 1 aromatic carbocycles. The summed E-state index contributed by atoms with van der Waals surface area (Å²) in [4.78, 5) is 23.5. The van der Waals surface area contributed by atoms with Gasteiger partial charge in [0.1, 0.15) is 6.61 Å². The molecule has 0 aliphatic heterocycles. The summed E-state index contributed by atoms with van der Waals surface area (Å²) in [5.41, 5.74) is 0.857. The lowest BCUT2D eigenvalue weighted by atomic mass is 10.1. The number of hydrogen-bond acceptors (Lipinski definition) is 5. The molecule has 0 amide bonds. The lowest BCUT2D eigenvalue weighted by Crippen LogP contribution is -2.32. The maximum atomic E-state index is 11.8. The minimum atomic E-state index is -1.18. The van der Waals surface area contributed by atoms with Crippen LogP contribution in [0.3, 0.4) is 0 Å². The van der Waals surface area contributed by atoms with Gasteiger partial charge < -0.3 is 14.6 Å². The van der Waals surface area contributed by atoms with Gasteiger partial charge in [-0.2, -0.15) is 0 Å². The van der Waals surface area contributed by atoms with Gasteiger partial charge in [0.25, 0.3) is 0 Å². The molecule has 0 saturated carbocycles. The van der Waals surface area contributed by atoms with Gasteiger partial charge in [0.15, 0.2) is 12.2 Å². The molecular formula is C18H26O5. The molecule has 0 bridgehead atoms. The highest BCUT2D eigenvalue weighted by Crippen LogP contribution is 2.09. The molecule has 0 spiro atoms. The number of carbonyl (C=O) groups is 2. The van der Waals surface area contributed by atoms with Crippen LogP contribution in [0.5, 0.6) is 0 Å². The van der Waals surface area contributed by atoms with Crippen molar-refractivity contribution in [2.24, 2.45) is 0 Å². The summed E-state index contributed by atoms with van der Waals surface area (Å²) >= 11 is 0. The van der Waals surface area contributed by atoms with Crippen molar-refractivity contribution < 1.29 is 24.2 Å². The number of hydrogen-bond donors (Lipinski definition) is 1. The summed E-state index contributed by atoms with van der Waals surface area (Å²) in [7, 11) is 0. The minimum Gasteiger partial charge on any atom is -0.458 e. The molecule has 128 valence electrons. The Balaban J connectivity index is 2.28. The van der Waals surface area contributed by atoms with E-state index in [1.54, 1.807) is 0 Å². The van der Waals surface area contributed by atoms with Gasteiger partial charge in [0, 0.05) is 0 Å². The van der Waals surface area contributed by atoms with Crippen LogP contribution >= 0.6 is 0 Å². The number of aliphatic hydroxyl groups excluding tert-OH is 1. The lowest BCUT2D eigenvalue weighted by molar-refractivity contribution is -0.172. The summed E-state index contributed by atoms with van der Waals surface area (Å²) in [5, 5.41) is 9.73. The topological polar surface area (TPSA) is 72.8 Å². The molecule has 0 fully saturated rings. The van der Waals surface area contributed by atoms with E-state index >= 15 is 0 Å². The Kier molecular flexibility index (Phi) is 8.98. The van der Waals surface area contributed by atoms with Gasteiger partial charge in [-0.05, 0) is 18.9 Å². The van der Waals surface area contributed by atoms with Crippen molar-refractivity contribution in [2.75, 3.05) is 0 Å². The molecule has 0 saturated heterocycles. The molecule has 5 heteroatoms. The Labute approximate surface area is 137 Å². The summed E-state index contributed by atoms with van der Waals surface area (Å²) in [6.45, 7) is 3.66. The number of benzene rings is 1. The molecule has 1 rings (SSSR count). The van der Waals surface area contributed by atoms with E-state index in [4.69, 9.17) is 9.47 Å². The largest absolute Gasteiger partial charge is 0.458 e. The van der Waals surface area contributed by atoms with Crippen LogP contribution < -0.4 is 0 Å². The Morgan fingerprint density at radius 2 is 1.78 bits per heavy atom. The van der Waals surface area contributed by atoms with Crippen LogP contribution in [0.1, 0.15) is 51.5 Å². The van der Waals surface area contributed by atoms with Crippen molar-refractivity contribution in [2.45, 2.75) is 64.8 Å². The Hall–Kier alpha value is -1.88. The van der Waals surface area contributed by atoms with Crippen molar-refractivity contribution in [3.63, 3.8) is 0 Å². The van der Waals surface area contributed by atoms with Gasteiger partial charge in [-0.1, -0.05) is 62.9 Å². The molecule has 0 aliphatic carbocycles. The third-order valence-corrected chi connectivity index (χ3v) is 3.45. The van der Waals surface area contributed by atoms with Crippen molar-refractivity contribution >= 4 is 11.9 Å². The number of carbonyl (C=O) groups excluding carboxylic acids is 2. The summed E-state index contributed by atoms with van der Waals surface area (Å²) in [6, 6.07) is 9.24. The number of esters is 2. The van der Waals surface area contributed by atoms with E-state index in [2.05, 4.69) is 6.92 Å². The fourth-order valence-electron chi connectivity index (χ4n) is 2.03. The van der Waals surface area contributed by atoms with Gasteiger partial charge in [-0.15, -0.1) is 0 Å². The molecule has 2 unspecified atom stereocenters. The monoisotopic (exact) mass is 322 g/mol. The Morgan fingerprint density at radius 3 is 2.43 bits per heavy atom. The first-order valence-corrected chi connectivity index (χ1v) is 8.13. The van der Waals surface area contributed by atoms with E-state index in [-0.39, 0.29) is 6.61 Å². The molecule has 0 heterocycles. The van der Waals surface area contributed by atoms with Crippen LogP contribution in [0.2, 0.25) is 0 Å². The Morgan fingerprint density at radius 1 is 1.09 bits per heavy atom. The van der Waals surface area contributed by atoms with E-state index in [0.717, 1.165) is 31.2 Å². The smallest absolute Gasteiger partial charge is 0.347 e. The summed E-state index contributed by atoms with van der Waals surface area (Å²) < 4.78 is 10.0. The van der Waals surface area contributed by atoms with Crippen molar-refractivity contribution in [1.29, 1.82) is 0 Å². The average Bonchev–Trinajstić information content (AvgIpc) is 2.57. The average molecular weight is 322 g/mol. The van der Waals surface area contributed by atoms with Crippen LogP contribution in [-0.2, 0) is 25.7 Å². The van der Waals surface area contributed by atoms with Gasteiger partial charge in [0.05, 0.1) is 0 Å². The molecule has 5 nitrogen and oxygen atoms in total. The van der Waals surface area contributed by atoms with E-state index in [0.29, 0.717) is 6.42 Å². The zero-order valence-corrected chi connectivity index (χ0v) is 13.9. The second-order valence-corrected chi connectivity index (χ2v) is 5.54. The highest BCUT2D eigenvalue weighted by molar-refractivity contribution is 5.80. The molecule has 0 aromatic heterocycles. The SMILES string of the molecule is CCCCCCC(O)C(=O)OC(C)C(=O)OCc1ccccc1. The van der Waals surface area contributed by atoms with E-state index < -0.39 is 24.1 Å². The quantitative estimate of drug-likeness (QED) is 0.529. The van der Waals surface area contributed by atoms with Gasteiger partial charge >= 0.3 is 11.9 Å².